The first kappa shape index (κ1) is 14.3. The van der Waals surface area contributed by atoms with E-state index >= 15 is 0 Å². The highest BCUT2D eigenvalue weighted by Gasteiger charge is 2.04. The Hall–Kier alpha value is -2.13. The summed E-state index contributed by atoms with van der Waals surface area (Å²) < 4.78 is 1.83. The average Bonchev–Trinajstić information content (AvgIpc) is 2.46. The van der Waals surface area contributed by atoms with E-state index in [1.165, 1.54) is 0 Å². The molecule has 1 aromatic heterocycles. The molecule has 0 bridgehead atoms. The zero-order chi connectivity index (χ0) is 14.5. The van der Waals surface area contributed by atoms with Crippen LogP contribution in [-0.2, 0) is 0 Å². The lowest BCUT2D eigenvalue weighted by Crippen LogP contribution is -2.25. The molecule has 0 atom stereocenters. The van der Waals surface area contributed by atoms with Gasteiger partial charge in [-0.2, -0.15) is 4.57 Å². The number of hydrogen-bond acceptors (Lipinski definition) is 2. The third-order valence-corrected chi connectivity index (χ3v) is 3.13. The Bertz CT molecular complexity index is 616. The van der Waals surface area contributed by atoms with E-state index in [0.29, 0.717) is 10.6 Å². The SMILES string of the molecule is CN(C)c1cc[n+](C=CC(=O)c2ccc(Cl)cc2)cc1. The molecule has 0 aliphatic heterocycles. The number of anilines is 1. The van der Waals surface area contributed by atoms with Crippen molar-refractivity contribution < 1.29 is 9.36 Å². The molecule has 20 heavy (non-hydrogen) atoms. The van der Waals surface area contributed by atoms with Crippen LogP contribution in [0.2, 0.25) is 5.02 Å². The average molecular weight is 288 g/mol. The molecule has 0 unspecified atom stereocenters. The second-order valence-electron chi connectivity index (χ2n) is 4.58. The molecule has 0 aliphatic carbocycles. The molecule has 1 heterocycles. The van der Waals surface area contributed by atoms with Gasteiger partial charge in [0.05, 0.1) is 6.08 Å². The van der Waals surface area contributed by atoms with Gasteiger partial charge in [0, 0.05) is 42.5 Å². The van der Waals surface area contributed by atoms with Crippen molar-refractivity contribution in [2.24, 2.45) is 0 Å². The van der Waals surface area contributed by atoms with E-state index in [1.54, 1.807) is 36.5 Å². The Morgan fingerprint density at radius 3 is 2.25 bits per heavy atom. The number of allylic oxidation sites excluding steroid dienone is 1. The van der Waals surface area contributed by atoms with Crippen LogP contribution in [0.3, 0.4) is 0 Å². The third kappa shape index (κ3) is 3.68. The van der Waals surface area contributed by atoms with Crippen molar-refractivity contribution in [1.82, 2.24) is 0 Å². The van der Waals surface area contributed by atoms with E-state index in [9.17, 15) is 4.79 Å². The Morgan fingerprint density at radius 2 is 1.70 bits per heavy atom. The van der Waals surface area contributed by atoms with E-state index in [4.69, 9.17) is 11.6 Å². The summed E-state index contributed by atoms with van der Waals surface area (Å²) in [5.74, 6) is -0.0501. The van der Waals surface area contributed by atoms with Crippen LogP contribution < -0.4 is 9.47 Å². The number of halogens is 1. The van der Waals surface area contributed by atoms with Gasteiger partial charge in [-0.25, -0.2) is 0 Å². The van der Waals surface area contributed by atoms with Crippen LogP contribution in [0.1, 0.15) is 10.4 Å². The number of ketones is 1. The highest BCUT2D eigenvalue weighted by atomic mass is 35.5. The minimum atomic E-state index is -0.0501. The zero-order valence-electron chi connectivity index (χ0n) is 11.5. The van der Waals surface area contributed by atoms with Gasteiger partial charge in [0.2, 0.25) is 0 Å². The van der Waals surface area contributed by atoms with Crippen LogP contribution in [0, 0.1) is 0 Å². The van der Waals surface area contributed by atoms with Crippen molar-refractivity contribution in [1.29, 1.82) is 0 Å². The minimum Gasteiger partial charge on any atom is -0.377 e. The molecular weight excluding hydrogens is 272 g/mol. The van der Waals surface area contributed by atoms with Gasteiger partial charge < -0.3 is 4.90 Å². The summed E-state index contributed by atoms with van der Waals surface area (Å²) in [7, 11) is 3.97. The van der Waals surface area contributed by atoms with Gasteiger partial charge in [-0.05, 0) is 24.3 Å². The molecule has 0 fully saturated rings. The fraction of sp³-hybridized carbons (Fsp3) is 0.125. The Kier molecular flexibility index (Phi) is 4.53. The second kappa shape index (κ2) is 6.35. The van der Waals surface area contributed by atoms with Crippen molar-refractivity contribution in [2.45, 2.75) is 0 Å². The molecule has 102 valence electrons. The van der Waals surface area contributed by atoms with Crippen LogP contribution in [0.25, 0.3) is 6.20 Å². The lowest BCUT2D eigenvalue weighted by atomic mass is 10.1. The largest absolute Gasteiger partial charge is 0.377 e. The third-order valence-electron chi connectivity index (χ3n) is 2.88. The molecule has 0 N–H and O–H groups in total. The van der Waals surface area contributed by atoms with Gasteiger partial charge in [0.15, 0.2) is 24.4 Å². The predicted octanol–water partition coefficient (Wildman–Crippen LogP) is 3.05. The fourth-order valence-electron chi connectivity index (χ4n) is 1.69. The normalized spacial score (nSPS) is 10.8. The zero-order valence-corrected chi connectivity index (χ0v) is 12.2. The monoisotopic (exact) mass is 287 g/mol. The van der Waals surface area contributed by atoms with Crippen LogP contribution in [0.5, 0.6) is 0 Å². The van der Waals surface area contributed by atoms with E-state index < -0.39 is 0 Å². The number of pyridine rings is 1. The lowest BCUT2D eigenvalue weighted by Gasteiger charge is -2.09. The van der Waals surface area contributed by atoms with Gasteiger partial charge in [-0.3, -0.25) is 4.79 Å². The number of carbonyl (C=O) groups excluding carboxylic acids is 1. The molecule has 1 aromatic carbocycles. The predicted molar refractivity (Wildman–Crippen MR) is 82.1 cm³/mol. The highest BCUT2D eigenvalue weighted by molar-refractivity contribution is 6.30. The molecule has 4 heteroatoms. The summed E-state index contributed by atoms with van der Waals surface area (Å²) in [6.45, 7) is 0. The van der Waals surface area contributed by atoms with E-state index in [0.717, 1.165) is 5.69 Å². The van der Waals surface area contributed by atoms with Crippen LogP contribution >= 0.6 is 11.6 Å². The first-order chi connectivity index (χ1) is 9.56. The second-order valence-corrected chi connectivity index (χ2v) is 5.02. The number of carbonyl (C=O) groups is 1. The van der Waals surface area contributed by atoms with E-state index in [1.807, 2.05) is 48.1 Å². The molecule has 0 radical (unpaired) electrons. The molecule has 0 aliphatic rings. The van der Waals surface area contributed by atoms with Crippen molar-refractivity contribution in [3.8, 4) is 0 Å². The summed E-state index contributed by atoms with van der Waals surface area (Å²) >= 11 is 5.79. The van der Waals surface area contributed by atoms with E-state index in [2.05, 4.69) is 0 Å². The quantitative estimate of drug-likeness (QED) is 0.490. The van der Waals surface area contributed by atoms with Gasteiger partial charge >= 0.3 is 0 Å². The summed E-state index contributed by atoms with van der Waals surface area (Å²) in [6.07, 6.45) is 7.08. The molecule has 0 spiro atoms. The van der Waals surface area contributed by atoms with Crippen LogP contribution in [-0.4, -0.2) is 19.9 Å². The van der Waals surface area contributed by atoms with Gasteiger partial charge in [0.1, 0.15) is 0 Å². The lowest BCUT2D eigenvalue weighted by molar-refractivity contribution is -0.568. The maximum absolute atomic E-state index is 12.0. The van der Waals surface area contributed by atoms with Gasteiger partial charge in [-0.1, -0.05) is 11.6 Å². The molecule has 0 saturated heterocycles. The van der Waals surface area contributed by atoms with Crippen molar-refractivity contribution in [3.05, 3.63) is 65.5 Å². The van der Waals surface area contributed by atoms with Crippen molar-refractivity contribution in [3.63, 3.8) is 0 Å². The topological polar surface area (TPSA) is 24.2 Å². The van der Waals surface area contributed by atoms with Crippen LogP contribution in [0.4, 0.5) is 5.69 Å². The number of benzene rings is 1. The molecule has 0 saturated carbocycles. The summed E-state index contributed by atoms with van der Waals surface area (Å²) in [5, 5.41) is 0.624. The summed E-state index contributed by atoms with van der Waals surface area (Å²) in [5.41, 5.74) is 1.73. The van der Waals surface area contributed by atoms with Gasteiger partial charge in [-0.15, -0.1) is 0 Å². The Morgan fingerprint density at radius 1 is 1.10 bits per heavy atom. The Balaban J connectivity index is 2.08. The fourth-order valence-corrected chi connectivity index (χ4v) is 1.82. The molecule has 3 nitrogen and oxygen atoms in total. The minimum absolute atomic E-state index is 0.0501. The maximum Gasteiger partial charge on any atom is 0.191 e. The number of rotatable bonds is 4. The highest BCUT2D eigenvalue weighted by Crippen LogP contribution is 2.10. The first-order valence-electron chi connectivity index (χ1n) is 6.22. The Labute approximate surface area is 123 Å². The maximum atomic E-state index is 12.0. The number of aromatic nitrogens is 1. The standard InChI is InChI=1S/C16H16ClN2O/c1-18(2)15-7-10-19(11-8-15)12-9-16(20)13-3-5-14(17)6-4-13/h3-12H,1-2H3/q+1. The van der Waals surface area contributed by atoms with Crippen LogP contribution in [0.15, 0.2) is 54.9 Å². The molecule has 2 aromatic rings. The number of nitrogens with zero attached hydrogens (tertiary/aromatic N) is 2. The summed E-state index contributed by atoms with van der Waals surface area (Å²) in [6, 6.07) is 10.8. The van der Waals surface area contributed by atoms with Crippen molar-refractivity contribution in [2.75, 3.05) is 19.0 Å². The summed E-state index contributed by atoms with van der Waals surface area (Å²) in [4.78, 5) is 14.0. The van der Waals surface area contributed by atoms with Gasteiger partial charge in [0.25, 0.3) is 0 Å². The molecular formula is C16H16ClN2O+. The van der Waals surface area contributed by atoms with E-state index in [-0.39, 0.29) is 5.78 Å². The molecule has 0 amide bonds. The number of hydrogen-bond donors (Lipinski definition) is 0. The smallest absolute Gasteiger partial charge is 0.191 e. The molecule has 2 rings (SSSR count). The van der Waals surface area contributed by atoms with Crippen molar-refractivity contribution >= 4 is 29.3 Å². The first-order valence-corrected chi connectivity index (χ1v) is 6.60.